The molecule has 2 nitrogen and oxygen atoms in total. The van der Waals surface area contributed by atoms with Crippen molar-refractivity contribution in [1.82, 2.24) is 4.90 Å². The molecule has 0 aliphatic heterocycles. The van der Waals surface area contributed by atoms with Crippen molar-refractivity contribution in [1.29, 1.82) is 0 Å². The van der Waals surface area contributed by atoms with E-state index in [1.165, 1.54) is 30.7 Å². The fraction of sp³-hybridized carbons (Fsp3) is 0.600. The Morgan fingerprint density at radius 1 is 1.50 bits per heavy atom. The van der Waals surface area contributed by atoms with Gasteiger partial charge in [-0.15, -0.1) is 11.3 Å². The van der Waals surface area contributed by atoms with Crippen LogP contribution in [-0.4, -0.2) is 29.7 Å². The first-order valence-corrected chi connectivity index (χ1v) is 7.59. The minimum absolute atomic E-state index is 0.0616. The van der Waals surface area contributed by atoms with Gasteiger partial charge in [0.05, 0.1) is 0 Å². The van der Waals surface area contributed by atoms with Crippen molar-refractivity contribution in [2.45, 2.75) is 32.7 Å². The van der Waals surface area contributed by atoms with Gasteiger partial charge in [0.15, 0.2) is 0 Å². The number of hydrogen-bond donors (Lipinski definition) is 1. The van der Waals surface area contributed by atoms with E-state index in [2.05, 4.69) is 35.1 Å². The molecule has 1 heterocycles. The lowest BCUT2D eigenvalue weighted by Gasteiger charge is -2.31. The summed E-state index contributed by atoms with van der Waals surface area (Å²) >= 11 is 1.77. The van der Waals surface area contributed by atoms with Gasteiger partial charge in [-0.25, -0.2) is 0 Å². The largest absolute Gasteiger partial charge is 0.384 e. The van der Waals surface area contributed by atoms with Crippen molar-refractivity contribution in [3.05, 3.63) is 21.9 Å². The van der Waals surface area contributed by atoms with Crippen LogP contribution in [0.4, 0.5) is 0 Å². The number of nitrogens with zero attached hydrogens (tertiary/aromatic N) is 1. The topological polar surface area (TPSA) is 23.5 Å². The summed E-state index contributed by atoms with van der Waals surface area (Å²) in [7, 11) is 0. The molecule has 3 heteroatoms. The molecule has 2 rings (SSSR count). The average Bonchev–Trinajstić information content (AvgIpc) is 2.77. The zero-order chi connectivity index (χ0) is 12.8. The Kier molecular flexibility index (Phi) is 5.25. The van der Waals surface area contributed by atoms with E-state index in [0.29, 0.717) is 0 Å². The minimum atomic E-state index is -0.0616. The Balaban J connectivity index is 1.87. The molecule has 18 heavy (non-hydrogen) atoms. The first-order valence-electron chi connectivity index (χ1n) is 6.71. The molecule has 0 unspecified atom stereocenters. The Labute approximate surface area is 114 Å². The highest BCUT2D eigenvalue weighted by atomic mass is 32.1. The second-order valence-electron chi connectivity index (χ2n) is 4.89. The SMILES string of the molecule is CCN(Cc1cc(C#CCO)cs1)CC1CCC1. The zero-order valence-corrected chi connectivity index (χ0v) is 11.8. The van der Waals surface area contributed by atoms with E-state index in [9.17, 15) is 0 Å². The van der Waals surface area contributed by atoms with Crippen molar-refractivity contribution in [2.75, 3.05) is 19.7 Å². The summed E-state index contributed by atoms with van der Waals surface area (Å²) in [6.07, 6.45) is 4.24. The summed E-state index contributed by atoms with van der Waals surface area (Å²) in [6, 6.07) is 2.15. The highest BCUT2D eigenvalue weighted by Crippen LogP contribution is 2.28. The van der Waals surface area contributed by atoms with Crippen LogP contribution in [0, 0.1) is 17.8 Å². The maximum Gasteiger partial charge on any atom is 0.104 e. The molecule has 1 fully saturated rings. The molecule has 0 spiro atoms. The predicted octanol–water partition coefficient (Wildman–Crippen LogP) is 2.71. The lowest BCUT2D eigenvalue weighted by Crippen LogP contribution is -2.31. The van der Waals surface area contributed by atoms with Gasteiger partial charge in [0.1, 0.15) is 6.61 Å². The number of aliphatic hydroxyl groups is 1. The van der Waals surface area contributed by atoms with Crippen LogP contribution in [0.3, 0.4) is 0 Å². The summed E-state index contributed by atoms with van der Waals surface area (Å²) in [4.78, 5) is 3.90. The van der Waals surface area contributed by atoms with Gasteiger partial charge in [0.25, 0.3) is 0 Å². The minimum Gasteiger partial charge on any atom is -0.384 e. The number of aliphatic hydroxyl groups excluding tert-OH is 1. The van der Waals surface area contributed by atoms with Crippen LogP contribution in [0.15, 0.2) is 11.4 Å². The summed E-state index contributed by atoms with van der Waals surface area (Å²) < 4.78 is 0. The highest BCUT2D eigenvalue weighted by Gasteiger charge is 2.20. The molecule has 0 bridgehead atoms. The molecule has 0 amide bonds. The van der Waals surface area contributed by atoms with E-state index in [4.69, 9.17) is 5.11 Å². The van der Waals surface area contributed by atoms with Gasteiger partial charge in [-0.2, -0.15) is 0 Å². The lowest BCUT2D eigenvalue weighted by molar-refractivity contribution is 0.179. The maximum atomic E-state index is 8.67. The Bertz CT molecular complexity index is 425. The second kappa shape index (κ2) is 6.94. The van der Waals surface area contributed by atoms with Crippen molar-refractivity contribution in [3.8, 4) is 11.8 Å². The van der Waals surface area contributed by atoms with Crippen LogP contribution < -0.4 is 0 Å². The van der Waals surface area contributed by atoms with E-state index >= 15 is 0 Å². The first kappa shape index (κ1) is 13.6. The van der Waals surface area contributed by atoms with Gasteiger partial charge >= 0.3 is 0 Å². The molecular weight excluding hydrogens is 242 g/mol. The van der Waals surface area contributed by atoms with E-state index < -0.39 is 0 Å². The molecule has 1 aromatic heterocycles. The smallest absolute Gasteiger partial charge is 0.104 e. The van der Waals surface area contributed by atoms with Crippen LogP contribution in [-0.2, 0) is 6.54 Å². The molecule has 1 aromatic rings. The predicted molar refractivity (Wildman–Crippen MR) is 76.6 cm³/mol. The van der Waals surface area contributed by atoms with Crippen molar-refractivity contribution >= 4 is 11.3 Å². The lowest BCUT2D eigenvalue weighted by atomic mass is 9.85. The molecular formula is C15H21NOS. The molecule has 0 radical (unpaired) electrons. The highest BCUT2D eigenvalue weighted by molar-refractivity contribution is 7.10. The van der Waals surface area contributed by atoms with Gasteiger partial charge in [-0.05, 0) is 31.4 Å². The molecule has 1 aliphatic carbocycles. The number of hydrogen-bond acceptors (Lipinski definition) is 3. The fourth-order valence-electron chi connectivity index (χ4n) is 2.24. The fourth-order valence-corrected chi connectivity index (χ4v) is 3.09. The number of thiophene rings is 1. The van der Waals surface area contributed by atoms with Crippen LogP contribution in [0.25, 0.3) is 0 Å². The normalized spacial score (nSPS) is 15.3. The third-order valence-corrected chi connectivity index (χ3v) is 4.45. The van der Waals surface area contributed by atoms with Crippen molar-refractivity contribution < 1.29 is 5.11 Å². The molecule has 1 saturated carbocycles. The van der Waals surface area contributed by atoms with Gasteiger partial charge in [0, 0.05) is 28.9 Å². The third-order valence-electron chi connectivity index (χ3n) is 3.53. The molecule has 0 aromatic carbocycles. The molecule has 1 aliphatic rings. The van der Waals surface area contributed by atoms with Crippen LogP contribution in [0.1, 0.15) is 36.6 Å². The van der Waals surface area contributed by atoms with E-state index in [1.54, 1.807) is 11.3 Å². The first-order chi connectivity index (χ1) is 8.81. The summed E-state index contributed by atoms with van der Waals surface area (Å²) in [6.45, 7) is 5.57. The van der Waals surface area contributed by atoms with Crippen molar-refractivity contribution in [3.63, 3.8) is 0 Å². The molecule has 98 valence electrons. The van der Waals surface area contributed by atoms with Gasteiger partial charge in [-0.3, -0.25) is 4.90 Å². The van der Waals surface area contributed by atoms with E-state index in [0.717, 1.165) is 24.6 Å². The van der Waals surface area contributed by atoms with Crippen LogP contribution in [0.5, 0.6) is 0 Å². The van der Waals surface area contributed by atoms with Gasteiger partial charge < -0.3 is 5.11 Å². The average molecular weight is 263 g/mol. The summed E-state index contributed by atoms with van der Waals surface area (Å²) in [5.74, 6) is 6.58. The summed E-state index contributed by atoms with van der Waals surface area (Å²) in [5, 5.41) is 10.8. The quantitative estimate of drug-likeness (QED) is 0.826. The van der Waals surface area contributed by atoms with Crippen LogP contribution >= 0.6 is 11.3 Å². The number of rotatable bonds is 5. The standard InChI is InChI=1S/C15H21NOS/c1-2-16(10-13-5-3-6-13)11-15-9-14(12-18-15)7-4-8-17/h9,12-13,17H,2-3,5-6,8,10-11H2,1H3. The van der Waals surface area contributed by atoms with Gasteiger partial charge in [0.2, 0.25) is 0 Å². The molecule has 1 N–H and O–H groups in total. The third kappa shape index (κ3) is 3.84. The molecule has 0 saturated heterocycles. The zero-order valence-electron chi connectivity index (χ0n) is 11.0. The molecule has 0 atom stereocenters. The maximum absolute atomic E-state index is 8.67. The van der Waals surface area contributed by atoms with E-state index in [1.807, 2.05) is 0 Å². The van der Waals surface area contributed by atoms with Crippen LogP contribution in [0.2, 0.25) is 0 Å². The van der Waals surface area contributed by atoms with E-state index in [-0.39, 0.29) is 6.61 Å². The van der Waals surface area contributed by atoms with Crippen molar-refractivity contribution in [2.24, 2.45) is 5.92 Å². The Hall–Kier alpha value is -0.820. The second-order valence-corrected chi connectivity index (χ2v) is 5.88. The Morgan fingerprint density at radius 2 is 2.33 bits per heavy atom. The van der Waals surface area contributed by atoms with Gasteiger partial charge in [-0.1, -0.05) is 25.2 Å². The Morgan fingerprint density at radius 3 is 2.94 bits per heavy atom. The monoisotopic (exact) mass is 263 g/mol. The summed E-state index contributed by atoms with van der Waals surface area (Å²) in [5.41, 5.74) is 1.03.